The van der Waals surface area contributed by atoms with Crippen LogP contribution in [0.4, 0.5) is 0 Å². The van der Waals surface area contributed by atoms with Crippen molar-refractivity contribution >= 4 is 12.8 Å². The summed E-state index contributed by atoms with van der Waals surface area (Å²) >= 11 is 4.29. The van der Waals surface area contributed by atoms with E-state index in [0.717, 1.165) is 45.8 Å². The van der Waals surface area contributed by atoms with Crippen molar-refractivity contribution in [2.24, 2.45) is 0 Å². The molecule has 1 rings (SSSR count). The number of methoxy groups -OCH3 is 1. The molecule has 1 aliphatic rings. The number of hydrogen-bond donors (Lipinski definition) is 1. The smallest absolute Gasteiger partial charge is 0.0474 e. The topological polar surface area (TPSA) is 15.7 Å². The SMILES string of the molecule is CC.COCCCN1CCN(S)CC1. The van der Waals surface area contributed by atoms with Gasteiger partial charge in [0.15, 0.2) is 0 Å². The van der Waals surface area contributed by atoms with E-state index in [0.29, 0.717) is 0 Å². The van der Waals surface area contributed by atoms with Crippen molar-refractivity contribution in [3.8, 4) is 0 Å². The van der Waals surface area contributed by atoms with Gasteiger partial charge in [0.05, 0.1) is 0 Å². The van der Waals surface area contributed by atoms with Crippen LogP contribution in [-0.2, 0) is 4.74 Å². The Morgan fingerprint density at radius 1 is 1.14 bits per heavy atom. The lowest BCUT2D eigenvalue weighted by molar-refractivity contribution is 0.153. The van der Waals surface area contributed by atoms with Gasteiger partial charge in [0.2, 0.25) is 0 Å². The van der Waals surface area contributed by atoms with E-state index < -0.39 is 0 Å². The summed E-state index contributed by atoms with van der Waals surface area (Å²) in [5.74, 6) is 0. The van der Waals surface area contributed by atoms with Gasteiger partial charge in [0, 0.05) is 46.4 Å². The summed E-state index contributed by atoms with van der Waals surface area (Å²) in [7, 11) is 1.76. The van der Waals surface area contributed by atoms with Crippen molar-refractivity contribution in [2.75, 3.05) is 46.4 Å². The van der Waals surface area contributed by atoms with Gasteiger partial charge in [-0.2, -0.15) is 0 Å². The van der Waals surface area contributed by atoms with E-state index in [1.807, 2.05) is 13.8 Å². The number of thiol groups is 1. The van der Waals surface area contributed by atoms with E-state index >= 15 is 0 Å². The maximum Gasteiger partial charge on any atom is 0.0474 e. The molecule has 4 heteroatoms. The molecule has 3 nitrogen and oxygen atoms in total. The molecule has 86 valence electrons. The first-order chi connectivity index (χ1) is 6.83. The van der Waals surface area contributed by atoms with Crippen molar-refractivity contribution < 1.29 is 4.74 Å². The van der Waals surface area contributed by atoms with Gasteiger partial charge < -0.3 is 9.64 Å². The van der Waals surface area contributed by atoms with E-state index in [-0.39, 0.29) is 0 Å². The fourth-order valence-electron chi connectivity index (χ4n) is 1.39. The molecule has 0 aromatic heterocycles. The van der Waals surface area contributed by atoms with Crippen LogP contribution in [0.15, 0.2) is 0 Å². The van der Waals surface area contributed by atoms with Gasteiger partial charge in [-0.1, -0.05) is 26.7 Å². The van der Waals surface area contributed by atoms with Crippen LogP contribution < -0.4 is 0 Å². The van der Waals surface area contributed by atoms with Crippen LogP contribution in [0.1, 0.15) is 20.3 Å². The molecule has 1 aliphatic heterocycles. The minimum absolute atomic E-state index is 0.876. The van der Waals surface area contributed by atoms with Gasteiger partial charge in [0.1, 0.15) is 0 Å². The summed E-state index contributed by atoms with van der Waals surface area (Å²) in [6, 6.07) is 0. The Bertz CT molecular complexity index is 117. The Morgan fingerprint density at radius 3 is 2.21 bits per heavy atom. The molecule has 1 heterocycles. The highest BCUT2D eigenvalue weighted by molar-refractivity contribution is 7.77. The fourth-order valence-corrected chi connectivity index (χ4v) is 1.57. The zero-order valence-corrected chi connectivity index (χ0v) is 10.6. The third kappa shape index (κ3) is 6.65. The maximum absolute atomic E-state index is 5.00. The van der Waals surface area contributed by atoms with Gasteiger partial charge in [0.25, 0.3) is 0 Å². The van der Waals surface area contributed by atoms with Crippen molar-refractivity contribution in [1.29, 1.82) is 0 Å². The fraction of sp³-hybridized carbons (Fsp3) is 1.00. The second kappa shape index (κ2) is 9.77. The summed E-state index contributed by atoms with van der Waals surface area (Å²) in [5, 5.41) is 0. The summed E-state index contributed by atoms with van der Waals surface area (Å²) in [4.78, 5) is 2.46. The third-order valence-electron chi connectivity index (χ3n) is 2.17. The van der Waals surface area contributed by atoms with Gasteiger partial charge in [-0.25, -0.2) is 0 Å². The van der Waals surface area contributed by atoms with Crippen LogP contribution in [0, 0.1) is 0 Å². The lowest BCUT2D eigenvalue weighted by Crippen LogP contribution is -2.42. The molecule has 0 atom stereocenters. The van der Waals surface area contributed by atoms with E-state index in [2.05, 4.69) is 22.0 Å². The molecule has 14 heavy (non-hydrogen) atoms. The first-order valence-electron chi connectivity index (χ1n) is 5.48. The van der Waals surface area contributed by atoms with Crippen LogP contribution in [0.5, 0.6) is 0 Å². The number of nitrogens with zero attached hydrogens (tertiary/aromatic N) is 2. The number of piperazine rings is 1. The number of ether oxygens (including phenoxy) is 1. The molecule has 0 radical (unpaired) electrons. The number of rotatable bonds is 4. The zero-order chi connectivity index (χ0) is 10.8. The summed E-state index contributed by atoms with van der Waals surface area (Å²) < 4.78 is 7.08. The lowest BCUT2D eigenvalue weighted by atomic mass is 10.3. The van der Waals surface area contributed by atoms with Crippen molar-refractivity contribution in [2.45, 2.75) is 20.3 Å². The molecule has 0 amide bonds. The van der Waals surface area contributed by atoms with Gasteiger partial charge in [-0.3, -0.25) is 4.31 Å². The monoisotopic (exact) mass is 220 g/mol. The molecule has 1 fully saturated rings. The molecule has 0 bridgehead atoms. The first kappa shape index (κ1) is 14.2. The minimum atomic E-state index is 0.876. The Morgan fingerprint density at radius 2 is 1.71 bits per heavy atom. The average Bonchev–Trinajstić information content (AvgIpc) is 2.24. The van der Waals surface area contributed by atoms with E-state index in [1.54, 1.807) is 7.11 Å². The summed E-state index contributed by atoms with van der Waals surface area (Å²) in [6.07, 6.45) is 1.14. The predicted molar refractivity (Wildman–Crippen MR) is 64.8 cm³/mol. The summed E-state index contributed by atoms with van der Waals surface area (Å²) in [5.41, 5.74) is 0. The molecule has 0 aromatic carbocycles. The van der Waals surface area contributed by atoms with Gasteiger partial charge in [-0.05, 0) is 6.42 Å². The lowest BCUT2D eigenvalue weighted by Gasteiger charge is -2.31. The Hall–Kier alpha value is 0.230. The highest BCUT2D eigenvalue weighted by atomic mass is 32.1. The zero-order valence-electron chi connectivity index (χ0n) is 9.70. The highest BCUT2D eigenvalue weighted by Crippen LogP contribution is 2.03. The quantitative estimate of drug-likeness (QED) is 0.571. The molecule has 0 aliphatic carbocycles. The van der Waals surface area contributed by atoms with Gasteiger partial charge >= 0.3 is 0 Å². The van der Waals surface area contributed by atoms with E-state index in [9.17, 15) is 0 Å². The van der Waals surface area contributed by atoms with E-state index in [1.165, 1.54) is 0 Å². The van der Waals surface area contributed by atoms with Crippen LogP contribution in [0.25, 0.3) is 0 Å². The maximum atomic E-state index is 5.00. The summed E-state index contributed by atoms with van der Waals surface area (Å²) in [6.45, 7) is 10.5. The molecule has 1 saturated heterocycles. The average molecular weight is 220 g/mol. The van der Waals surface area contributed by atoms with Crippen molar-refractivity contribution in [1.82, 2.24) is 9.21 Å². The minimum Gasteiger partial charge on any atom is -0.385 e. The Kier molecular flexibility index (Phi) is 9.93. The van der Waals surface area contributed by atoms with Crippen molar-refractivity contribution in [3.63, 3.8) is 0 Å². The third-order valence-corrected chi connectivity index (χ3v) is 2.57. The van der Waals surface area contributed by atoms with Crippen molar-refractivity contribution in [3.05, 3.63) is 0 Å². The molecule has 0 saturated carbocycles. The van der Waals surface area contributed by atoms with Crippen LogP contribution >= 0.6 is 12.8 Å². The largest absolute Gasteiger partial charge is 0.385 e. The second-order valence-corrected chi connectivity index (χ2v) is 3.71. The Balaban J connectivity index is 0.000000791. The molecule has 0 aromatic rings. The second-order valence-electron chi connectivity index (χ2n) is 3.14. The van der Waals surface area contributed by atoms with Crippen LogP contribution in [-0.4, -0.2) is 55.6 Å². The normalized spacial score (nSPS) is 18.9. The standard InChI is InChI=1S/C8H18N2OS.C2H6/c1-11-8-2-3-9-4-6-10(12)7-5-9;1-2/h12H,2-8H2,1H3;1-2H3. The molecular weight excluding hydrogens is 196 g/mol. The first-order valence-corrected chi connectivity index (χ1v) is 5.88. The Labute approximate surface area is 93.9 Å². The van der Waals surface area contributed by atoms with Gasteiger partial charge in [-0.15, -0.1) is 0 Å². The molecular formula is C10H24N2OS. The highest BCUT2D eigenvalue weighted by Gasteiger charge is 2.12. The van der Waals surface area contributed by atoms with Crippen LogP contribution in [0.2, 0.25) is 0 Å². The number of hydrogen-bond acceptors (Lipinski definition) is 4. The molecule has 0 spiro atoms. The molecule has 0 unspecified atom stereocenters. The molecule has 0 N–H and O–H groups in total. The van der Waals surface area contributed by atoms with Crippen LogP contribution in [0.3, 0.4) is 0 Å². The van der Waals surface area contributed by atoms with E-state index in [4.69, 9.17) is 4.74 Å². The predicted octanol–water partition coefficient (Wildman–Crippen LogP) is 1.51.